The fraction of sp³-hybridized carbons (Fsp3) is 0.222. The van der Waals surface area contributed by atoms with E-state index in [0.29, 0.717) is 11.8 Å². The van der Waals surface area contributed by atoms with Gasteiger partial charge in [-0.2, -0.15) is 0 Å². The molecule has 0 heterocycles. The van der Waals surface area contributed by atoms with Crippen molar-refractivity contribution in [2.24, 2.45) is 0 Å². The molecule has 0 bridgehead atoms. The molecule has 0 amide bonds. The summed E-state index contributed by atoms with van der Waals surface area (Å²) in [6.45, 7) is -0.597. The van der Waals surface area contributed by atoms with Crippen molar-refractivity contribution < 1.29 is 15.0 Å². The Labute approximate surface area is 70.3 Å². The fourth-order valence-corrected chi connectivity index (χ4v) is 0.923. The summed E-state index contributed by atoms with van der Waals surface area (Å²) in [5.41, 5.74) is -1.34. The number of aliphatic hydroxyl groups is 2. The van der Waals surface area contributed by atoms with Gasteiger partial charge in [-0.05, 0) is 5.56 Å². The average molecular weight is 166 g/mol. The Morgan fingerprint density at radius 1 is 1.33 bits per heavy atom. The monoisotopic (exact) mass is 166 g/mol. The second-order valence-corrected chi connectivity index (χ2v) is 2.57. The lowest BCUT2D eigenvalue weighted by Crippen LogP contribution is -2.31. The molecular formula is C9H10O3. The lowest BCUT2D eigenvalue weighted by Gasteiger charge is -2.18. The third-order valence-corrected chi connectivity index (χ3v) is 1.71. The summed E-state index contributed by atoms with van der Waals surface area (Å²) in [5.74, 6) is 0. The van der Waals surface area contributed by atoms with Gasteiger partial charge in [-0.15, -0.1) is 0 Å². The van der Waals surface area contributed by atoms with Crippen LogP contribution in [0.1, 0.15) is 5.56 Å². The molecule has 1 aromatic carbocycles. The molecule has 1 rings (SSSR count). The van der Waals surface area contributed by atoms with E-state index in [9.17, 15) is 9.90 Å². The zero-order chi connectivity index (χ0) is 9.03. The Morgan fingerprint density at radius 3 is 2.33 bits per heavy atom. The number of aliphatic hydroxyl groups excluding tert-OH is 1. The van der Waals surface area contributed by atoms with Gasteiger partial charge in [0, 0.05) is 0 Å². The van der Waals surface area contributed by atoms with Gasteiger partial charge in [-0.1, -0.05) is 30.3 Å². The molecule has 0 saturated heterocycles. The van der Waals surface area contributed by atoms with Gasteiger partial charge < -0.3 is 10.2 Å². The van der Waals surface area contributed by atoms with Crippen LogP contribution in [0, 0.1) is 0 Å². The quantitative estimate of drug-likeness (QED) is 0.624. The molecule has 1 unspecified atom stereocenters. The summed E-state index contributed by atoms with van der Waals surface area (Å²) in [6, 6.07) is 8.33. The van der Waals surface area contributed by atoms with Gasteiger partial charge >= 0.3 is 0 Å². The zero-order valence-electron chi connectivity index (χ0n) is 6.47. The van der Waals surface area contributed by atoms with E-state index < -0.39 is 12.2 Å². The van der Waals surface area contributed by atoms with E-state index in [1.54, 1.807) is 30.3 Å². The SMILES string of the molecule is O=CC(O)(CO)c1ccccc1. The Kier molecular flexibility index (Phi) is 2.58. The van der Waals surface area contributed by atoms with Crippen molar-refractivity contribution in [1.82, 2.24) is 0 Å². The molecule has 1 aromatic rings. The van der Waals surface area contributed by atoms with E-state index in [2.05, 4.69) is 0 Å². The van der Waals surface area contributed by atoms with Gasteiger partial charge in [-0.25, -0.2) is 0 Å². The van der Waals surface area contributed by atoms with Crippen LogP contribution in [0.15, 0.2) is 30.3 Å². The van der Waals surface area contributed by atoms with Gasteiger partial charge in [0.15, 0.2) is 11.9 Å². The molecule has 0 aliphatic carbocycles. The molecule has 64 valence electrons. The lowest BCUT2D eigenvalue weighted by atomic mass is 9.97. The summed E-state index contributed by atoms with van der Waals surface area (Å²) in [7, 11) is 0. The van der Waals surface area contributed by atoms with Crippen LogP contribution in [-0.4, -0.2) is 23.1 Å². The normalized spacial score (nSPS) is 15.2. The first-order chi connectivity index (χ1) is 5.73. The van der Waals surface area contributed by atoms with Crippen molar-refractivity contribution >= 4 is 6.29 Å². The van der Waals surface area contributed by atoms with Gasteiger partial charge in [-0.3, -0.25) is 4.79 Å². The Hall–Kier alpha value is -1.19. The van der Waals surface area contributed by atoms with Crippen molar-refractivity contribution in [3.8, 4) is 0 Å². The molecule has 1 atom stereocenters. The number of hydrogen-bond acceptors (Lipinski definition) is 3. The number of carbonyl (C=O) groups is 1. The lowest BCUT2D eigenvalue weighted by molar-refractivity contribution is -0.129. The first-order valence-electron chi connectivity index (χ1n) is 3.58. The molecule has 0 spiro atoms. The zero-order valence-corrected chi connectivity index (χ0v) is 6.47. The maximum absolute atomic E-state index is 10.4. The highest BCUT2D eigenvalue weighted by molar-refractivity contribution is 5.65. The maximum atomic E-state index is 10.4. The number of aldehydes is 1. The van der Waals surface area contributed by atoms with E-state index in [4.69, 9.17) is 5.11 Å². The molecule has 0 aliphatic rings. The van der Waals surface area contributed by atoms with Crippen LogP contribution in [0.5, 0.6) is 0 Å². The van der Waals surface area contributed by atoms with Gasteiger partial charge in [0.1, 0.15) is 0 Å². The summed E-state index contributed by atoms with van der Waals surface area (Å²) < 4.78 is 0. The Morgan fingerprint density at radius 2 is 1.92 bits per heavy atom. The third kappa shape index (κ3) is 1.52. The number of hydrogen-bond donors (Lipinski definition) is 2. The van der Waals surface area contributed by atoms with Crippen LogP contribution >= 0.6 is 0 Å². The van der Waals surface area contributed by atoms with Gasteiger partial charge in [0.2, 0.25) is 0 Å². The van der Waals surface area contributed by atoms with Crippen LogP contribution in [0.3, 0.4) is 0 Å². The molecule has 0 aromatic heterocycles. The fourth-order valence-electron chi connectivity index (χ4n) is 0.923. The van der Waals surface area contributed by atoms with E-state index in [-0.39, 0.29) is 0 Å². The minimum atomic E-state index is -1.75. The highest BCUT2D eigenvalue weighted by atomic mass is 16.3. The van der Waals surface area contributed by atoms with Crippen molar-refractivity contribution in [3.63, 3.8) is 0 Å². The topological polar surface area (TPSA) is 57.5 Å². The smallest absolute Gasteiger partial charge is 0.167 e. The molecular weight excluding hydrogens is 156 g/mol. The predicted octanol–water partition coefficient (Wildman–Crippen LogP) is 0.0654. The van der Waals surface area contributed by atoms with Gasteiger partial charge in [0.25, 0.3) is 0 Å². The number of carbonyl (C=O) groups excluding carboxylic acids is 1. The summed E-state index contributed by atoms with van der Waals surface area (Å²) in [5, 5.41) is 18.2. The van der Waals surface area contributed by atoms with Crippen LogP contribution in [0.2, 0.25) is 0 Å². The van der Waals surface area contributed by atoms with Crippen molar-refractivity contribution in [2.45, 2.75) is 5.60 Å². The van der Waals surface area contributed by atoms with Crippen LogP contribution in [0.25, 0.3) is 0 Å². The minimum Gasteiger partial charge on any atom is -0.393 e. The Bertz CT molecular complexity index is 258. The number of rotatable bonds is 3. The van der Waals surface area contributed by atoms with E-state index in [1.165, 1.54) is 0 Å². The molecule has 3 heteroatoms. The molecule has 0 fully saturated rings. The van der Waals surface area contributed by atoms with E-state index in [0.717, 1.165) is 0 Å². The second kappa shape index (κ2) is 3.47. The number of benzene rings is 1. The maximum Gasteiger partial charge on any atom is 0.167 e. The van der Waals surface area contributed by atoms with Gasteiger partial charge in [0.05, 0.1) is 6.61 Å². The third-order valence-electron chi connectivity index (χ3n) is 1.71. The second-order valence-electron chi connectivity index (χ2n) is 2.57. The molecule has 12 heavy (non-hydrogen) atoms. The van der Waals surface area contributed by atoms with E-state index in [1.807, 2.05) is 0 Å². The van der Waals surface area contributed by atoms with Crippen LogP contribution in [0.4, 0.5) is 0 Å². The first kappa shape index (κ1) is 8.90. The molecule has 0 aliphatic heterocycles. The largest absolute Gasteiger partial charge is 0.393 e. The van der Waals surface area contributed by atoms with Crippen molar-refractivity contribution in [3.05, 3.63) is 35.9 Å². The van der Waals surface area contributed by atoms with Crippen molar-refractivity contribution in [1.29, 1.82) is 0 Å². The Balaban J connectivity index is 3.03. The van der Waals surface area contributed by atoms with Crippen LogP contribution in [-0.2, 0) is 10.4 Å². The highest BCUT2D eigenvalue weighted by Gasteiger charge is 2.26. The van der Waals surface area contributed by atoms with Crippen LogP contribution < -0.4 is 0 Å². The van der Waals surface area contributed by atoms with Crippen molar-refractivity contribution in [2.75, 3.05) is 6.61 Å². The molecule has 2 N–H and O–H groups in total. The minimum absolute atomic E-state index is 0.336. The summed E-state index contributed by atoms with van der Waals surface area (Å²) >= 11 is 0. The molecule has 3 nitrogen and oxygen atoms in total. The first-order valence-corrected chi connectivity index (χ1v) is 3.58. The average Bonchev–Trinajstić information content (AvgIpc) is 2.18. The molecule has 0 radical (unpaired) electrons. The standard InChI is InChI=1S/C9H10O3/c10-6-9(12,7-11)8-4-2-1-3-5-8/h1-6,11-12H,7H2. The highest BCUT2D eigenvalue weighted by Crippen LogP contribution is 2.16. The summed E-state index contributed by atoms with van der Waals surface area (Å²) in [6.07, 6.45) is 0.336. The summed E-state index contributed by atoms with van der Waals surface area (Å²) in [4.78, 5) is 10.4. The molecule has 0 saturated carbocycles. The van der Waals surface area contributed by atoms with E-state index >= 15 is 0 Å². The predicted molar refractivity (Wildman–Crippen MR) is 43.5 cm³/mol.